The summed E-state index contributed by atoms with van der Waals surface area (Å²) < 4.78 is 4.76. The lowest BCUT2D eigenvalue weighted by Crippen LogP contribution is -2.54. The molecule has 1 aromatic heterocycles. The molecule has 2 aliphatic heterocycles. The summed E-state index contributed by atoms with van der Waals surface area (Å²) in [5.41, 5.74) is 1.18. The van der Waals surface area contributed by atoms with Crippen LogP contribution in [0.1, 0.15) is 35.3 Å². The monoisotopic (exact) mass is 332 g/mol. The number of hydrogen-bond donors (Lipinski definition) is 1. The van der Waals surface area contributed by atoms with Gasteiger partial charge in [-0.05, 0) is 38.3 Å². The molecule has 7 nitrogen and oxygen atoms in total. The van der Waals surface area contributed by atoms with Crippen LogP contribution in [0.2, 0.25) is 0 Å². The van der Waals surface area contributed by atoms with Gasteiger partial charge >= 0.3 is 12.0 Å². The van der Waals surface area contributed by atoms with E-state index in [0.29, 0.717) is 17.3 Å². The van der Waals surface area contributed by atoms with Crippen molar-refractivity contribution in [2.45, 2.75) is 32.2 Å². The molecule has 2 fully saturated rings. The number of esters is 1. The summed E-state index contributed by atoms with van der Waals surface area (Å²) >= 11 is 0. The van der Waals surface area contributed by atoms with Crippen molar-refractivity contribution in [2.24, 2.45) is 0 Å². The van der Waals surface area contributed by atoms with Crippen molar-refractivity contribution in [2.75, 3.05) is 38.2 Å². The van der Waals surface area contributed by atoms with E-state index in [0.717, 1.165) is 51.3 Å². The van der Waals surface area contributed by atoms with E-state index in [1.165, 1.54) is 7.11 Å². The van der Waals surface area contributed by atoms with E-state index in [2.05, 4.69) is 15.2 Å². The normalized spacial score (nSPS) is 19.2. The Balaban J connectivity index is 1.63. The van der Waals surface area contributed by atoms with Gasteiger partial charge in [-0.1, -0.05) is 0 Å². The molecule has 0 radical (unpaired) electrons. The molecule has 24 heavy (non-hydrogen) atoms. The number of piperidine rings is 1. The molecule has 1 N–H and O–H groups in total. The van der Waals surface area contributed by atoms with Crippen LogP contribution in [0.4, 0.5) is 10.6 Å². The standard InChI is InChI=1S/C17H24N4O3/c1-12-14(16(22)24-2)4-5-15(19-12)20-10-6-13(7-11-20)21-9-3-8-18-17(21)23/h4-5,13H,3,6-11H2,1-2H3,(H,18,23). The van der Waals surface area contributed by atoms with Crippen molar-refractivity contribution < 1.29 is 14.3 Å². The molecule has 0 aromatic carbocycles. The number of urea groups is 1. The highest BCUT2D eigenvalue weighted by atomic mass is 16.5. The average molecular weight is 332 g/mol. The lowest BCUT2D eigenvalue weighted by atomic mass is 10.0. The predicted octanol–water partition coefficient (Wildman–Crippen LogP) is 1.56. The number of aromatic nitrogens is 1. The van der Waals surface area contributed by atoms with Gasteiger partial charge in [0.05, 0.1) is 18.4 Å². The quantitative estimate of drug-likeness (QED) is 0.850. The number of methoxy groups -OCH3 is 1. The first kappa shape index (κ1) is 16.5. The number of hydrogen-bond acceptors (Lipinski definition) is 5. The van der Waals surface area contributed by atoms with E-state index in [1.807, 2.05) is 17.9 Å². The second kappa shape index (κ2) is 7.07. The van der Waals surface area contributed by atoms with Gasteiger partial charge in [-0.2, -0.15) is 0 Å². The van der Waals surface area contributed by atoms with Crippen molar-refractivity contribution in [1.29, 1.82) is 0 Å². The van der Waals surface area contributed by atoms with Crippen LogP contribution in [0.3, 0.4) is 0 Å². The lowest BCUT2D eigenvalue weighted by molar-refractivity contribution is 0.0599. The minimum Gasteiger partial charge on any atom is -0.465 e. The zero-order valence-electron chi connectivity index (χ0n) is 14.2. The summed E-state index contributed by atoms with van der Waals surface area (Å²) in [6, 6.07) is 4.01. The molecule has 0 bridgehead atoms. The van der Waals surface area contributed by atoms with Crippen LogP contribution in [0, 0.1) is 6.92 Å². The molecule has 0 atom stereocenters. The number of amides is 2. The molecule has 0 saturated carbocycles. The third-order valence-electron chi connectivity index (χ3n) is 4.82. The summed E-state index contributed by atoms with van der Waals surface area (Å²) in [6.45, 7) is 5.17. The summed E-state index contributed by atoms with van der Waals surface area (Å²) in [4.78, 5) is 32.4. The fraction of sp³-hybridized carbons (Fsp3) is 0.588. The van der Waals surface area contributed by atoms with Gasteiger partial charge in [0.1, 0.15) is 5.82 Å². The Hall–Kier alpha value is -2.31. The third kappa shape index (κ3) is 3.29. The Morgan fingerprint density at radius 3 is 2.67 bits per heavy atom. The molecule has 1 aromatic rings. The number of nitrogens with zero attached hydrogens (tertiary/aromatic N) is 3. The molecule has 130 valence electrons. The maximum Gasteiger partial charge on any atom is 0.339 e. The van der Waals surface area contributed by atoms with Crippen LogP contribution in [0.15, 0.2) is 12.1 Å². The van der Waals surface area contributed by atoms with E-state index in [4.69, 9.17) is 4.74 Å². The van der Waals surface area contributed by atoms with Gasteiger partial charge in [0.25, 0.3) is 0 Å². The third-order valence-corrected chi connectivity index (χ3v) is 4.82. The molecule has 2 aliphatic rings. The molecular weight excluding hydrogens is 308 g/mol. The second-order valence-corrected chi connectivity index (χ2v) is 6.29. The highest BCUT2D eigenvalue weighted by Gasteiger charge is 2.29. The first-order chi connectivity index (χ1) is 11.6. The molecule has 0 spiro atoms. The van der Waals surface area contributed by atoms with E-state index >= 15 is 0 Å². The van der Waals surface area contributed by atoms with E-state index < -0.39 is 0 Å². The minimum absolute atomic E-state index is 0.0658. The number of pyridine rings is 1. The Morgan fingerprint density at radius 1 is 1.29 bits per heavy atom. The highest BCUT2D eigenvalue weighted by molar-refractivity contribution is 5.90. The number of rotatable bonds is 3. The Labute approximate surface area is 142 Å². The zero-order chi connectivity index (χ0) is 17.1. The van der Waals surface area contributed by atoms with E-state index in [-0.39, 0.29) is 12.0 Å². The van der Waals surface area contributed by atoms with Crippen molar-refractivity contribution in [3.63, 3.8) is 0 Å². The number of anilines is 1. The molecule has 2 saturated heterocycles. The molecular formula is C17H24N4O3. The van der Waals surface area contributed by atoms with Gasteiger partial charge in [-0.15, -0.1) is 0 Å². The topological polar surface area (TPSA) is 74.8 Å². The summed E-state index contributed by atoms with van der Waals surface area (Å²) in [6.07, 6.45) is 2.89. The molecule has 3 rings (SSSR count). The average Bonchev–Trinajstić information content (AvgIpc) is 2.61. The van der Waals surface area contributed by atoms with Gasteiger partial charge in [0.2, 0.25) is 0 Å². The Kier molecular flexibility index (Phi) is 4.87. The van der Waals surface area contributed by atoms with Crippen molar-refractivity contribution in [1.82, 2.24) is 15.2 Å². The summed E-state index contributed by atoms with van der Waals surface area (Å²) in [7, 11) is 1.37. The van der Waals surface area contributed by atoms with Crippen molar-refractivity contribution in [3.05, 3.63) is 23.4 Å². The largest absolute Gasteiger partial charge is 0.465 e. The van der Waals surface area contributed by atoms with Crippen LogP contribution in [0.25, 0.3) is 0 Å². The number of carbonyl (C=O) groups excluding carboxylic acids is 2. The summed E-state index contributed by atoms with van der Waals surface area (Å²) in [5, 5.41) is 2.92. The van der Waals surface area contributed by atoms with Crippen molar-refractivity contribution >= 4 is 17.8 Å². The smallest absolute Gasteiger partial charge is 0.339 e. The fourth-order valence-electron chi connectivity index (χ4n) is 3.45. The SMILES string of the molecule is COC(=O)c1ccc(N2CCC(N3CCCNC3=O)CC2)nc1C. The van der Waals surface area contributed by atoms with Gasteiger partial charge in [0.15, 0.2) is 0 Å². The molecule has 2 amide bonds. The number of nitrogens with one attached hydrogen (secondary N) is 1. The lowest BCUT2D eigenvalue weighted by Gasteiger charge is -2.40. The van der Waals surface area contributed by atoms with Crippen LogP contribution in [0.5, 0.6) is 0 Å². The first-order valence-corrected chi connectivity index (χ1v) is 8.45. The fourth-order valence-corrected chi connectivity index (χ4v) is 3.45. The van der Waals surface area contributed by atoms with Crippen LogP contribution < -0.4 is 10.2 Å². The number of ether oxygens (including phenoxy) is 1. The molecule has 0 unspecified atom stereocenters. The van der Waals surface area contributed by atoms with E-state index in [9.17, 15) is 9.59 Å². The van der Waals surface area contributed by atoms with Gasteiger partial charge in [-0.3, -0.25) is 0 Å². The van der Waals surface area contributed by atoms with Gasteiger partial charge in [-0.25, -0.2) is 14.6 Å². The number of aryl methyl sites for hydroxylation is 1. The first-order valence-electron chi connectivity index (χ1n) is 8.45. The number of carbonyl (C=O) groups is 2. The summed E-state index contributed by atoms with van der Waals surface area (Å²) in [5.74, 6) is 0.517. The van der Waals surface area contributed by atoms with Crippen molar-refractivity contribution in [3.8, 4) is 0 Å². The molecule has 0 aliphatic carbocycles. The van der Waals surface area contributed by atoms with Gasteiger partial charge < -0.3 is 19.9 Å². The van der Waals surface area contributed by atoms with Crippen LogP contribution in [-0.4, -0.2) is 61.2 Å². The Morgan fingerprint density at radius 2 is 2.04 bits per heavy atom. The van der Waals surface area contributed by atoms with Crippen LogP contribution >= 0.6 is 0 Å². The van der Waals surface area contributed by atoms with E-state index in [1.54, 1.807) is 6.07 Å². The predicted molar refractivity (Wildman–Crippen MR) is 90.3 cm³/mol. The minimum atomic E-state index is -0.360. The zero-order valence-corrected chi connectivity index (χ0v) is 14.2. The second-order valence-electron chi connectivity index (χ2n) is 6.29. The highest BCUT2D eigenvalue weighted by Crippen LogP contribution is 2.23. The van der Waals surface area contributed by atoms with Crippen LogP contribution in [-0.2, 0) is 4.74 Å². The maximum atomic E-state index is 12.0. The molecule has 3 heterocycles. The molecule has 7 heteroatoms. The van der Waals surface area contributed by atoms with Gasteiger partial charge in [0, 0.05) is 32.2 Å². The maximum absolute atomic E-state index is 12.0. The Bertz CT molecular complexity index is 626.